The van der Waals surface area contributed by atoms with Gasteiger partial charge in [-0.05, 0) is 50.1 Å². The lowest BCUT2D eigenvalue weighted by molar-refractivity contribution is -0.116. The van der Waals surface area contributed by atoms with Gasteiger partial charge < -0.3 is 14.8 Å². The molecule has 1 N–H and O–H groups in total. The molecule has 0 radical (unpaired) electrons. The van der Waals surface area contributed by atoms with Crippen molar-refractivity contribution in [3.8, 4) is 11.5 Å². The Balaban J connectivity index is 1.67. The Labute approximate surface area is 183 Å². The zero-order valence-electron chi connectivity index (χ0n) is 17.9. The fourth-order valence-electron chi connectivity index (χ4n) is 3.26. The van der Waals surface area contributed by atoms with E-state index in [1.807, 2.05) is 50.2 Å². The predicted octanol–water partition coefficient (Wildman–Crippen LogP) is 5.29. The maximum Gasteiger partial charge on any atom is 0.224 e. The Kier molecular flexibility index (Phi) is 7.82. The number of nitrogens with one attached hydrogen (secondary N) is 1. The molecule has 0 saturated carbocycles. The van der Waals surface area contributed by atoms with Gasteiger partial charge in [0.1, 0.15) is 0 Å². The summed E-state index contributed by atoms with van der Waals surface area (Å²) >= 11 is 0. The van der Waals surface area contributed by atoms with Crippen LogP contribution < -0.4 is 14.8 Å². The number of rotatable bonds is 10. The van der Waals surface area contributed by atoms with Crippen molar-refractivity contribution in [2.24, 2.45) is 0 Å². The lowest BCUT2D eigenvalue weighted by atomic mass is 10.0. The van der Waals surface area contributed by atoms with Crippen LogP contribution in [0.4, 0.5) is 5.69 Å². The SMILES string of the molecule is CCOc1ccc(CCC(=O)Nc2ccccc2C(=O)c2ccccc2)cc1OCC. The number of amides is 1. The second kappa shape index (κ2) is 11.0. The van der Waals surface area contributed by atoms with Gasteiger partial charge in [0.15, 0.2) is 17.3 Å². The summed E-state index contributed by atoms with van der Waals surface area (Å²) < 4.78 is 11.2. The van der Waals surface area contributed by atoms with Crippen LogP contribution in [0.25, 0.3) is 0 Å². The van der Waals surface area contributed by atoms with Crippen LogP contribution in [0.1, 0.15) is 41.8 Å². The Morgan fingerprint density at radius 2 is 1.48 bits per heavy atom. The van der Waals surface area contributed by atoms with E-state index in [1.54, 1.807) is 36.4 Å². The number of carbonyl (C=O) groups excluding carboxylic acids is 2. The molecular weight excluding hydrogens is 390 g/mol. The average Bonchev–Trinajstić information content (AvgIpc) is 2.80. The van der Waals surface area contributed by atoms with E-state index in [-0.39, 0.29) is 18.1 Å². The molecule has 3 rings (SSSR count). The van der Waals surface area contributed by atoms with E-state index in [9.17, 15) is 9.59 Å². The van der Waals surface area contributed by atoms with Crippen molar-refractivity contribution in [3.05, 3.63) is 89.5 Å². The second-order valence-electron chi connectivity index (χ2n) is 6.94. The Hall–Kier alpha value is -3.60. The quantitative estimate of drug-likeness (QED) is 0.456. The van der Waals surface area contributed by atoms with Crippen molar-refractivity contribution in [1.82, 2.24) is 0 Å². The number of anilines is 1. The topological polar surface area (TPSA) is 64.6 Å². The lowest BCUT2D eigenvalue weighted by Crippen LogP contribution is -2.15. The second-order valence-corrected chi connectivity index (χ2v) is 6.94. The number of hydrogen-bond acceptors (Lipinski definition) is 4. The third-order valence-corrected chi connectivity index (χ3v) is 4.73. The number of ketones is 1. The molecule has 0 atom stereocenters. The van der Waals surface area contributed by atoms with Gasteiger partial charge in [-0.3, -0.25) is 9.59 Å². The van der Waals surface area contributed by atoms with E-state index in [4.69, 9.17) is 9.47 Å². The van der Waals surface area contributed by atoms with Crippen molar-refractivity contribution >= 4 is 17.4 Å². The van der Waals surface area contributed by atoms with E-state index in [2.05, 4.69) is 5.32 Å². The molecule has 0 heterocycles. The largest absolute Gasteiger partial charge is 0.490 e. The standard InChI is InChI=1S/C26H27NO4/c1-3-30-23-16-14-19(18-24(23)31-4-2)15-17-25(28)27-22-13-9-8-12-21(22)26(29)20-10-6-5-7-11-20/h5-14,16,18H,3-4,15,17H2,1-2H3,(H,27,28). The van der Waals surface area contributed by atoms with E-state index >= 15 is 0 Å². The predicted molar refractivity (Wildman–Crippen MR) is 122 cm³/mol. The lowest BCUT2D eigenvalue weighted by Gasteiger charge is -2.13. The van der Waals surface area contributed by atoms with Crippen LogP contribution in [-0.2, 0) is 11.2 Å². The number of carbonyl (C=O) groups is 2. The van der Waals surface area contributed by atoms with E-state index < -0.39 is 0 Å². The van der Waals surface area contributed by atoms with E-state index in [0.29, 0.717) is 47.9 Å². The molecular formula is C26H27NO4. The first kappa shape index (κ1) is 22.1. The summed E-state index contributed by atoms with van der Waals surface area (Å²) in [6, 6.07) is 21.8. The van der Waals surface area contributed by atoms with Crippen LogP contribution in [0.5, 0.6) is 11.5 Å². The molecule has 0 aliphatic rings. The summed E-state index contributed by atoms with van der Waals surface area (Å²) in [4.78, 5) is 25.4. The summed E-state index contributed by atoms with van der Waals surface area (Å²) in [5.41, 5.74) is 2.56. The molecule has 0 saturated heterocycles. The van der Waals surface area contributed by atoms with Gasteiger partial charge in [-0.1, -0.05) is 48.5 Å². The fourth-order valence-corrected chi connectivity index (χ4v) is 3.26. The molecule has 0 aliphatic heterocycles. The molecule has 160 valence electrons. The van der Waals surface area contributed by atoms with Gasteiger partial charge in [0.25, 0.3) is 0 Å². The van der Waals surface area contributed by atoms with Crippen LogP contribution in [-0.4, -0.2) is 24.9 Å². The van der Waals surface area contributed by atoms with Crippen LogP contribution in [0.15, 0.2) is 72.8 Å². The molecule has 0 unspecified atom stereocenters. The van der Waals surface area contributed by atoms with E-state index in [0.717, 1.165) is 5.56 Å². The Morgan fingerprint density at radius 3 is 2.23 bits per heavy atom. The van der Waals surface area contributed by atoms with Crippen molar-refractivity contribution in [2.75, 3.05) is 18.5 Å². The summed E-state index contributed by atoms with van der Waals surface area (Å²) in [5, 5.41) is 2.89. The third kappa shape index (κ3) is 5.95. The molecule has 31 heavy (non-hydrogen) atoms. The molecule has 0 aromatic heterocycles. The first-order chi connectivity index (χ1) is 15.1. The van der Waals surface area contributed by atoms with Crippen LogP contribution in [0.3, 0.4) is 0 Å². The number of benzene rings is 3. The van der Waals surface area contributed by atoms with Crippen molar-refractivity contribution < 1.29 is 19.1 Å². The molecule has 5 heteroatoms. The zero-order valence-corrected chi connectivity index (χ0v) is 17.9. The highest BCUT2D eigenvalue weighted by molar-refractivity contribution is 6.13. The summed E-state index contributed by atoms with van der Waals surface area (Å²) in [5.74, 6) is 1.11. The highest BCUT2D eigenvalue weighted by Crippen LogP contribution is 2.29. The Morgan fingerprint density at radius 1 is 0.806 bits per heavy atom. The minimum absolute atomic E-state index is 0.121. The minimum Gasteiger partial charge on any atom is -0.490 e. The first-order valence-corrected chi connectivity index (χ1v) is 10.5. The smallest absolute Gasteiger partial charge is 0.224 e. The highest BCUT2D eigenvalue weighted by Gasteiger charge is 2.15. The molecule has 3 aromatic carbocycles. The van der Waals surface area contributed by atoms with Gasteiger partial charge in [0.2, 0.25) is 5.91 Å². The average molecular weight is 418 g/mol. The molecule has 0 fully saturated rings. The van der Waals surface area contributed by atoms with Gasteiger partial charge in [0.05, 0.1) is 18.9 Å². The van der Waals surface area contributed by atoms with Crippen molar-refractivity contribution in [1.29, 1.82) is 0 Å². The fraction of sp³-hybridized carbons (Fsp3) is 0.231. The molecule has 5 nitrogen and oxygen atoms in total. The zero-order chi connectivity index (χ0) is 22.1. The maximum atomic E-state index is 12.8. The van der Waals surface area contributed by atoms with E-state index in [1.165, 1.54) is 0 Å². The van der Waals surface area contributed by atoms with Crippen molar-refractivity contribution in [2.45, 2.75) is 26.7 Å². The van der Waals surface area contributed by atoms with Crippen LogP contribution in [0.2, 0.25) is 0 Å². The van der Waals surface area contributed by atoms with Crippen LogP contribution in [0, 0.1) is 0 Å². The molecule has 1 amide bonds. The molecule has 3 aromatic rings. The number of hydrogen-bond donors (Lipinski definition) is 1. The Bertz CT molecular complexity index is 1030. The monoisotopic (exact) mass is 417 g/mol. The maximum absolute atomic E-state index is 12.8. The minimum atomic E-state index is -0.153. The van der Waals surface area contributed by atoms with Gasteiger partial charge in [-0.15, -0.1) is 0 Å². The van der Waals surface area contributed by atoms with Gasteiger partial charge >= 0.3 is 0 Å². The molecule has 0 bridgehead atoms. The molecule has 0 spiro atoms. The summed E-state index contributed by atoms with van der Waals surface area (Å²) in [7, 11) is 0. The number of aryl methyl sites for hydroxylation is 1. The van der Waals surface area contributed by atoms with Crippen LogP contribution >= 0.6 is 0 Å². The number of ether oxygens (including phenoxy) is 2. The number of para-hydroxylation sites is 1. The van der Waals surface area contributed by atoms with Gasteiger partial charge in [-0.25, -0.2) is 0 Å². The normalized spacial score (nSPS) is 10.4. The summed E-state index contributed by atoms with van der Waals surface area (Å²) in [6.45, 7) is 4.94. The van der Waals surface area contributed by atoms with Gasteiger partial charge in [-0.2, -0.15) is 0 Å². The highest BCUT2D eigenvalue weighted by atomic mass is 16.5. The van der Waals surface area contributed by atoms with Gasteiger partial charge in [0, 0.05) is 17.5 Å². The van der Waals surface area contributed by atoms with Crippen molar-refractivity contribution in [3.63, 3.8) is 0 Å². The third-order valence-electron chi connectivity index (χ3n) is 4.73. The first-order valence-electron chi connectivity index (χ1n) is 10.5. The summed E-state index contributed by atoms with van der Waals surface area (Å²) in [6.07, 6.45) is 0.834. The molecule has 0 aliphatic carbocycles.